The first-order chi connectivity index (χ1) is 9.40. The molecule has 106 valence electrons. The highest BCUT2D eigenvalue weighted by Crippen LogP contribution is 2.26. The molecule has 0 aliphatic rings. The van der Waals surface area contributed by atoms with Crippen molar-refractivity contribution in [2.24, 2.45) is 5.73 Å². The van der Waals surface area contributed by atoms with Crippen LogP contribution in [0.5, 0.6) is 0 Å². The molecule has 0 spiro atoms. The van der Waals surface area contributed by atoms with E-state index >= 15 is 0 Å². The van der Waals surface area contributed by atoms with Crippen molar-refractivity contribution in [1.82, 2.24) is 4.98 Å². The van der Waals surface area contributed by atoms with E-state index in [1.165, 1.54) is 12.1 Å². The fourth-order valence-corrected chi connectivity index (χ4v) is 2.55. The number of halogens is 3. The van der Waals surface area contributed by atoms with Gasteiger partial charge < -0.3 is 5.73 Å². The smallest absolute Gasteiger partial charge is 0.143 e. The molecule has 0 saturated heterocycles. The molecule has 2 nitrogen and oxygen atoms in total. The lowest BCUT2D eigenvalue weighted by Gasteiger charge is -2.16. The van der Waals surface area contributed by atoms with Gasteiger partial charge in [-0.25, -0.2) is 8.78 Å². The number of pyridine rings is 1. The number of aromatic nitrogens is 1. The molecule has 0 aliphatic heterocycles. The Balaban J connectivity index is 2.32. The normalized spacial score (nSPS) is 12.5. The number of nitrogens with two attached hydrogens (primary N) is 1. The summed E-state index contributed by atoms with van der Waals surface area (Å²) in [6, 6.07) is 5.78. The first kappa shape index (κ1) is 15.1. The van der Waals surface area contributed by atoms with E-state index in [2.05, 4.69) is 20.9 Å². The summed E-state index contributed by atoms with van der Waals surface area (Å²) in [5.74, 6) is -1.18. The largest absolute Gasteiger partial charge is 0.324 e. The number of benzene rings is 1. The van der Waals surface area contributed by atoms with Crippen molar-refractivity contribution in [3.05, 3.63) is 62.9 Å². The molecule has 0 amide bonds. The lowest BCUT2D eigenvalue weighted by molar-refractivity contribution is 0.535. The van der Waals surface area contributed by atoms with Crippen LogP contribution in [0.25, 0.3) is 0 Å². The van der Waals surface area contributed by atoms with E-state index in [-0.39, 0.29) is 16.5 Å². The molecule has 0 bridgehead atoms. The minimum atomic E-state index is -0.599. The predicted octanol–water partition coefficient (Wildman–Crippen LogP) is 3.98. The van der Waals surface area contributed by atoms with Gasteiger partial charge in [0.15, 0.2) is 0 Å². The highest BCUT2D eigenvalue weighted by molar-refractivity contribution is 9.10. The minimum Gasteiger partial charge on any atom is -0.324 e. The Morgan fingerprint density at radius 3 is 2.55 bits per heavy atom. The molecule has 0 aliphatic carbocycles. The van der Waals surface area contributed by atoms with E-state index in [9.17, 15) is 8.78 Å². The van der Waals surface area contributed by atoms with Gasteiger partial charge in [-0.2, -0.15) is 0 Å². The summed E-state index contributed by atoms with van der Waals surface area (Å²) in [5.41, 5.74) is 8.54. The molecule has 1 unspecified atom stereocenters. The summed E-state index contributed by atoms with van der Waals surface area (Å²) >= 11 is 3.06. The van der Waals surface area contributed by atoms with Gasteiger partial charge in [0.1, 0.15) is 11.6 Å². The van der Waals surface area contributed by atoms with E-state index in [1.807, 2.05) is 26.0 Å². The number of hydrogen-bond donors (Lipinski definition) is 1. The predicted molar refractivity (Wildman–Crippen MR) is 78.4 cm³/mol. The zero-order chi connectivity index (χ0) is 14.9. The van der Waals surface area contributed by atoms with Crippen LogP contribution in [0.1, 0.15) is 28.6 Å². The summed E-state index contributed by atoms with van der Waals surface area (Å²) in [6.45, 7) is 3.73. The van der Waals surface area contributed by atoms with Gasteiger partial charge in [-0.3, -0.25) is 4.98 Å². The first-order valence-electron chi connectivity index (χ1n) is 6.22. The average Bonchev–Trinajstić information content (AvgIpc) is 2.39. The number of aryl methyl sites for hydroxylation is 2. The molecule has 1 heterocycles. The van der Waals surface area contributed by atoms with E-state index < -0.39 is 17.7 Å². The average molecular weight is 341 g/mol. The summed E-state index contributed by atoms with van der Waals surface area (Å²) < 4.78 is 27.9. The number of hydrogen-bond acceptors (Lipinski definition) is 2. The van der Waals surface area contributed by atoms with E-state index in [4.69, 9.17) is 5.73 Å². The maximum atomic E-state index is 13.9. The molecule has 2 aromatic rings. The Kier molecular flexibility index (Phi) is 4.50. The van der Waals surface area contributed by atoms with Gasteiger partial charge in [-0.15, -0.1) is 0 Å². The fraction of sp³-hybridized carbons (Fsp3) is 0.267. The molecule has 1 aromatic heterocycles. The van der Waals surface area contributed by atoms with Gasteiger partial charge in [0.05, 0.1) is 4.47 Å². The van der Waals surface area contributed by atoms with E-state index in [1.54, 1.807) is 0 Å². The molecule has 1 atom stereocenters. The van der Waals surface area contributed by atoms with Crippen molar-refractivity contribution in [3.63, 3.8) is 0 Å². The van der Waals surface area contributed by atoms with E-state index in [0.717, 1.165) is 17.0 Å². The summed E-state index contributed by atoms with van der Waals surface area (Å²) in [5, 5.41) is 0. The molecule has 2 N–H and O–H groups in total. The SMILES string of the molecule is Cc1ccc(C(N)Cc2c(F)ccc(Br)c2F)c(C)n1. The minimum absolute atomic E-state index is 0.00755. The van der Waals surface area contributed by atoms with Crippen LogP contribution in [0.3, 0.4) is 0 Å². The number of nitrogens with zero attached hydrogens (tertiary/aromatic N) is 1. The monoisotopic (exact) mass is 340 g/mol. The van der Waals surface area contributed by atoms with Gasteiger partial charge in [0, 0.05) is 23.0 Å². The highest BCUT2D eigenvalue weighted by atomic mass is 79.9. The molecular weight excluding hydrogens is 326 g/mol. The Hall–Kier alpha value is -1.33. The second-order valence-corrected chi connectivity index (χ2v) is 5.61. The van der Waals surface area contributed by atoms with Crippen molar-refractivity contribution in [2.45, 2.75) is 26.3 Å². The summed E-state index contributed by atoms with van der Waals surface area (Å²) in [4.78, 5) is 4.32. The third kappa shape index (κ3) is 3.04. The van der Waals surface area contributed by atoms with Gasteiger partial charge in [-0.1, -0.05) is 6.07 Å². The van der Waals surface area contributed by atoms with Crippen LogP contribution >= 0.6 is 15.9 Å². The Labute approximate surface area is 125 Å². The second-order valence-electron chi connectivity index (χ2n) is 4.76. The molecule has 0 saturated carbocycles. The third-order valence-electron chi connectivity index (χ3n) is 3.23. The fourth-order valence-electron chi connectivity index (χ4n) is 2.18. The quantitative estimate of drug-likeness (QED) is 0.858. The van der Waals surface area contributed by atoms with Crippen molar-refractivity contribution >= 4 is 15.9 Å². The molecule has 20 heavy (non-hydrogen) atoms. The van der Waals surface area contributed by atoms with Crippen molar-refractivity contribution in [2.75, 3.05) is 0 Å². The summed E-state index contributed by atoms with van der Waals surface area (Å²) in [6.07, 6.45) is 0.0860. The summed E-state index contributed by atoms with van der Waals surface area (Å²) in [7, 11) is 0. The maximum absolute atomic E-state index is 13.9. The molecule has 5 heteroatoms. The standard InChI is InChI=1S/C15H15BrF2N2/c1-8-3-4-10(9(2)20-8)14(19)7-11-13(17)6-5-12(16)15(11)18/h3-6,14H,7,19H2,1-2H3. The third-order valence-corrected chi connectivity index (χ3v) is 3.84. The van der Waals surface area contributed by atoms with Crippen molar-refractivity contribution < 1.29 is 8.78 Å². The molecular formula is C15H15BrF2N2. The Morgan fingerprint density at radius 2 is 1.90 bits per heavy atom. The number of rotatable bonds is 3. The highest BCUT2D eigenvalue weighted by Gasteiger charge is 2.18. The zero-order valence-electron chi connectivity index (χ0n) is 11.3. The first-order valence-corrected chi connectivity index (χ1v) is 7.01. The second kappa shape index (κ2) is 5.97. The Morgan fingerprint density at radius 1 is 1.20 bits per heavy atom. The molecule has 2 rings (SSSR count). The zero-order valence-corrected chi connectivity index (χ0v) is 12.8. The van der Waals surface area contributed by atoms with Gasteiger partial charge in [0.25, 0.3) is 0 Å². The van der Waals surface area contributed by atoms with E-state index in [0.29, 0.717) is 0 Å². The van der Waals surface area contributed by atoms with Crippen LogP contribution in [0.2, 0.25) is 0 Å². The molecule has 0 fully saturated rings. The van der Waals surface area contributed by atoms with Crippen LogP contribution in [0.4, 0.5) is 8.78 Å². The van der Waals surface area contributed by atoms with Crippen molar-refractivity contribution in [3.8, 4) is 0 Å². The van der Waals surface area contributed by atoms with Crippen LogP contribution in [0, 0.1) is 25.5 Å². The lowest BCUT2D eigenvalue weighted by Crippen LogP contribution is -2.17. The van der Waals surface area contributed by atoms with Crippen molar-refractivity contribution in [1.29, 1.82) is 0 Å². The van der Waals surface area contributed by atoms with Gasteiger partial charge in [0.2, 0.25) is 0 Å². The van der Waals surface area contributed by atoms with Crippen LogP contribution in [0.15, 0.2) is 28.7 Å². The van der Waals surface area contributed by atoms with Crippen LogP contribution < -0.4 is 5.73 Å². The topological polar surface area (TPSA) is 38.9 Å². The Bertz CT molecular complexity index is 644. The molecule has 0 radical (unpaired) electrons. The van der Waals surface area contributed by atoms with Gasteiger partial charge >= 0.3 is 0 Å². The van der Waals surface area contributed by atoms with Gasteiger partial charge in [-0.05, 0) is 60.0 Å². The van der Waals surface area contributed by atoms with Crippen LogP contribution in [-0.2, 0) is 6.42 Å². The molecule has 1 aromatic carbocycles. The lowest BCUT2D eigenvalue weighted by atomic mass is 9.98. The van der Waals surface area contributed by atoms with Crippen LogP contribution in [-0.4, -0.2) is 4.98 Å². The maximum Gasteiger partial charge on any atom is 0.143 e.